The number of likely N-dealkylation sites (tertiary alicyclic amines) is 1. The molecular formula is C24H28F2N2O5S. The molecule has 2 aromatic rings. The van der Waals surface area contributed by atoms with Crippen LogP contribution in [0.25, 0.3) is 0 Å². The van der Waals surface area contributed by atoms with Crippen molar-refractivity contribution in [3.8, 4) is 5.75 Å². The molecule has 7 nitrogen and oxygen atoms in total. The number of hydrogen-bond acceptors (Lipinski definition) is 5. The maximum atomic E-state index is 12.9. The van der Waals surface area contributed by atoms with Crippen molar-refractivity contribution in [3.63, 3.8) is 0 Å². The van der Waals surface area contributed by atoms with Crippen LogP contribution in [0.2, 0.25) is 0 Å². The van der Waals surface area contributed by atoms with Gasteiger partial charge in [0, 0.05) is 12.6 Å². The molecule has 1 aliphatic heterocycles. The summed E-state index contributed by atoms with van der Waals surface area (Å²) >= 11 is 0. The quantitative estimate of drug-likeness (QED) is 0.635. The van der Waals surface area contributed by atoms with Crippen LogP contribution >= 0.6 is 0 Å². The van der Waals surface area contributed by atoms with Crippen molar-refractivity contribution in [2.45, 2.75) is 63.0 Å². The Morgan fingerprint density at radius 1 is 1.15 bits per heavy atom. The van der Waals surface area contributed by atoms with Gasteiger partial charge in [-0.05, 0) is 42.0 Å². The molecule has 1 heterocycles. The van der Waals surface area contributed by atoms with Gasteiger partial charge in [0.25, 0.3) is 15.9 Å². The Balaban J connectivity index is 1.69. The van der Waals surface area contributed by atoms with Crippen LogP contribution in [0.3, 0.4) is 0 Å². The standard InChI is InChI=1S/C24H28F2N2O5S/c1-23(2,3)17-10-8-16(9-11-17)14-20(29)28-13-12-24(28,4)21(30)27-34(31,32)19-7-5-6-18(15-19)33-22(25)26/h5-11,15,22H,12-14H2,1-4H3,(H,27,30). The summed E-state index contributed by atoms with van der Waals surface area (Å²) in [7, 11) is -4.37. The van der Waals surface area contributed by atoms with Gasteiger partial charge in [-0.15, -0.1) is 0 Å². The van der Waals surface area contributed by atoms with Crippen molar-refractivity contribution >= 4 is 21.8 Å². The lowest BCUT2D eigenvalue weighted by Gasteiger charge is -2.49. The lowest BCUT2D eigenvalue weighted by molar-refractivity contribution is -0.156. The van der Waals surface area contributed by atoms with E-state index in [1.807, 2.05) is 29.0 Å². The van der Waals surface area contributed by atoms with Crippen LogP contribution in [0.5, 0.6) is 5.75 Å². The number of benzene rings is 2. The van der Waals surface area contributed by atoms with Crippen LogP contribution in [0.15, 0.2) is 53.4 Å². The number of halogens is 2. The van der Waals surface area contributed by atoms with Crippen molar-refractivity contribution in [2.24, 2.45) is 0 Å². The van der Waals surface area contributed by atoms with E-state index < -0.39 is 33.0 Å². The molecule has 0 radical (unpaired) electrons. The number of carbonyl (C=O) groups is 2. The Kier molecular flexibility index (Phi) is 7.02. The van der Waals surface area contributed by atoms with Crippen LogP contribution in [0.1, 0.15) is 45.2 Å². The first-order valence-corrected chi connectivity index (χ1v) is 12.2. The van der Waals surface area contributed by atoms with Crippen LogP contribution in [-0.4, -0.2) is 43.8 Å². The van der Waals surface area contributed by atoms with Crippen molar-refractivity contribution < 1.29 is 31.5 Å². The molecule has 0 bridgehead atoms. The number of nitrogens with zero attached hydrogens (tertiary/aromatic N) is 1. The van der Waals surface area contributed by atoms with Gasteiger partial charge in [0.05, 0.1) is 11.3 Å². The number of hydrogen-bond donors (Lipinski definition) is 1. The summed E-state index contributed by atoms with van der Waals surface area (Å²) in [5.41, 5.74) is 0.557. The second-order valence-electron chi connectivity index (χ2n) is 9.48. The van der Waals surface area contributed by atoms with Gasteiger partial charge in [0.1, 0.15) is 11.3 Å². The van der Waals surface area contributed by atoms with Crippen molar-refractivity contribution in [1.29, 1.82) is 0 Å². The predicted molar refractivity (Wildman–Crippen MR) is 122 cm³/mol. The maximum Gasteiger partial charge on any atom is 0.387 e. The molecule has 1 saturated heterocycles. The summed E-state index contributed by atoms with van der Waals surface area (Å²) in [6, 6.07) is 12.1. The molecule has 1 aliphatic rings. The molecule has 0 aliphatic carbocycles. The minimum atomic E-state index is -4.37. The fourth-order valence-corrected chi connectivity index (χ4v) is 4.81. The van der Waals surface area contributed by atoms with E-state index >= 15 is 0 Å². The number of rotatable bonds is 7. The van der Waals surface area contributed by atoms with Gasteiger partial charge in [-0.25, -0.2) is 13.1 Å². The van der Waals surface area contributed by atoms with E-state index in [9.17, 15) is 26.8 Å². The zero-order valence-corrected chi connectivity index (χ0v) is 20.3. The van der Waals surface area contributed by atoms with Gasteiger partial charge in [0.15, 0.2) is 0 Å². The monoisotopic (exact) mass is 494 g/mol. The van der Waals surface area contributed by atoms with Crippen molar-refractivity contribution in [1.82, 2.24) is 9.62 Å². The molecule has 10 heteroatoms. The molecule has 1 atom stereocenters. The molecule has 184 valence electrons. The average Bonchev–Trinajstić information content (AvgIpc) is 2.71. The van der Waals surface area contributed by atoms with E-state index in [0.717, 1.165) is 23.3 Å². The molecule has 0 saturated carbocycles. The third kappa shape index (κ3) is 5.55. The van der Waals surface area contributed by atoms with Gasteiger partial charge in [-0.2, -0.15) is 8.78 Å². The van der Waals surface area contributed by atoms with E-state index in [0.29, 0.717) is 6.54 Å². The van der Waals surface area contributed by atoms with Crippen LogP contribution in [0, 0.1) is 0 Å². The van der Waals surface area contributed by atoms with Gasteiger partial charge in [0.2, 0.25) is 5.91 Å². The maximum absolute atomic E-state index is 12.9. The van der Waals surface area contributed by atoms with Gasteiger partial charge < -0.3 is 9.64 Å². The Morgan fingerprint density at radius 2 is 1.79 bits per heavy atom. The highest BCUT2D eigenvalue weighted by Crippen LogP contribution is 2.32. The summed E-state index contributed by atoms with van der Waals surface area (Å²) in [5.74, 6) is -1.51. The van der Waals surface area contributed by atoms with Crippen LogP contribution < -0.4 is 9.46 Å². The highest BCUT2D eigenvalue weighted by Gasteiger charge is 2.50. The summed E-state index contributed by atoms with van der Waals surface area (Å²) in [4.78, 5) is 26.7. The SMILES string of the molecule is CC(C)(C)c1ccc(CC(=O)N2CCC2(C)C(=O)NS(=O)(=O)c2cccc(OC(F)F)c2)cc1. The Labute approximate surface area is 198 Å². The molecule has 3 rings (SSSR count). The Bertz CT molecular complexity index is 1180. The number of nitrogens with one attached hydrogen (secondary N) is 1. The minimum absolute atomic E-state index is 0.0206. The van der Waals surface area contributed by atoms with E-state index in [1.54, 1.807) is 0 Å². The molecule has 2 aromatic carbocycles. The smallest absolute Gasteiger partial charge is 0.387 e. The van der Waals surface area contributed by atoms with Crippen molar-refractivity contribution in [3.05, 3.63) is 59.7 Å². The molecule has 0 spiro atoms. The zero-order chi connectivity index (χ0) is 25.3. The molecule has 1 N–H and O–H groups in total. The summed E-state index contributed by atoms with van der Waals surface area (Å²) in [5, 5.41) is 0. The zero-order valence-electron chi connectivity index (χ0n) is 19.5. The number of carbonyl (C=O) groups excluding carboxylic acids is 2. The van der Waals surface area contributed by atoms with E-state index in [4.69, 9.17) is 0 Å². The normalized spacial score (nSPS) is 18.4. The molecule has 0 aromatic heterocycles. The second kappa shape index (κ2) is 9.32. The number of amides is 2. The Hall–Kier alpha value is -3.01. The van der Waals surface area contributed by atoms with E-state index in [2.05, 4.69) is 25.5 Å². The summed E-state index contributed by atoms with van der Waals surface area (Å²) in [6.45, 7) is 4.97. The first-order valence-electron chi connectivity index (χ1n) is 10.7. The van der Waals surface area contributed by atoms with Crippen LogP contribution in [-0.2, 0) is 31.4 Å². The second-order valence-corrected chi connectivity index (χ2v) is 11.2. The minimum Gasteiger partial charge on any atom is -0.435 e. The highest BCUT2D eigenvalue weighted by atomic mass is 32.2. The predicted octanol–water partition coefficient (Wildman–Crippen LogP) is 3.62. The number of ether oxygens (including phenoxy) is 1. The fourth-order valence-electron chi connectivity index (χ4n) is 3.70. The number of sulfonamides is 1. The molecule has 1 unspecified atom stereocenters. The molecule has 34 heavy (non-hydrogen) atoms. The first kappa shape index (κ1) is 25.6. The van der Waals surface area contributed by atoms with E-state index in [-0.39, 0.29) is 29.9 Å². The molecule has 1 fully saturated rings. The average molecular weight is 495 g/mol. The van der Waals surface area contributed by atoms with Gasteiger partial charge in [-0.3, -0.25) is 9.59 Å². The first-order chi connectivity index (χ1) is 15.7. The summed E-state index contributed by atoms with van der Waals surface area (Å²) in [6.07, 6.45) is 0.366. The van der Waals surface area contributed by atoms with Crippen LogP contribution in [0.4, 0.5) is 8.78 Å². The largest absolute Gasteiger partial charge is 0.435 e. The lowest BCUT2D eigenvalue weighted by atomic mass is 9.84. The van der Waals surface area contributed by atoms with Gasteiger partial charge >= 0.3 is 6.61 Å². The fraction of sp³-hybridized carbons (Fsp3) is 0.417. The summed E-state index contributed by atoms with van der Waals surface area (Å²) < 4.78 is 56.4. The molecule has 2 amide bonds. The van der Waals surface area contributed by atoms with E-state index in [1.165, 1.54) is 24.0 Å². The number of alkyl halides is 2. The van der Waals surface area contributed by atoms with Crippen molar-refractivity contribution in [2.75, 3.05) is 6.54 Å². The molecular weight excluding hydrogens is 466 g/mol. The third-order valence-electron chi connectivity index (χ3n) is 5.95. The highest BCUT2D eigenvalue weighted by molar-refractivity contribution is 7.90. The lowest BCUT2D eigenvalue weighted by Crippen LogP contribution is -2.68. The Morgan fingerprint density at radius 3 is 2.32 bits per heavy atom. The topological polar surface area (TPSA) is 92.8 Å². The van der Waals surface area contributed by atoms with Gasteiger partial charge in [-0.1, -0.05) is 51.1 Å². The third-order valence-corrected chi connectivity index (χ3v) is 7.28.